The minimum absolute atomic E-state index is 0.138. The van der Waals surface area contributed by atoms with Crippen LogP contribution in [0.1, 0.15) is 19.8 Å². The Morgan fingerprint density at radius 3 is 2.91 bits per heavy atom. The molecule has 0 amide bonds. The summed E-state index contributed by atoms with van der Waals surface area (Å²) in [7, 11) is 0. The van der Waals surface area contributed by atoms with Crippen LogP contribution < -0.4 is 0 Å². The van der Waals surface area contributed by atoms with Crippen molar-refractivity contribution in [2.75, 3.05) is 6.61 Å². The van der Waals surface area contributed by atoms with Crippen LogP contribution in [0.25, 0.3) is 0 Å². The Morgan fingerprint density at radius 2 is 2.36 bits per heavy atom. The molecule has 0 saturated heterocycles. The van der Waals surface area contributed by atoms with Gasteiger partial charge in [0.15, 0.2) is 0 Å². The predicted molar refractivity (Wildman–Crippen MR) is 45.2 cm³/mol. The molecule has 0 fully saturated rings. The average molecular weight is 154 g/mol. The van der Waals surface area contributed by atoms with Gasteiger partial charge in [0.05, 0.1) is 6.61 Å². The van der Waals surface area contributed by atoms with Crippen LogP contribution >= 0.6 is 0 Å². The van der Waals surface area contributed by atoms with E-state index in [1.165, 1.54) is 0 Å². The molecule has 2 heteroatoms. The normalized spacial score (nSPS) is 9.91. The van der Waals surface area contributed by atoms with E-state index in [2.05, 4.69) is 6.58 Å². The third kappa shape index (κ3) is 6.84. The molecule has 0 aliphatic rings. The number of ether oxygens (including phenoxy) is 1. The molecule has 0 aromatic carbocycles. The number of rotatable bonds is 5. The van der Waals surface area contributed by atoms with E-state index < -0.39 is 0 Å². The highest BCUT2D eigenvalue weighted by Crippen LogP contribution is 1.93. The van der Waals surface area contributed by atoms with Crippen LogP contribution in [0.5, 0.6) is 0 Å². The van der Waals surface area contributed by atoms with E-state index in [4.69, 9.17) is 4.74 Å². The number of carbonyl (C=O) groups excluding carboxylic acids is 1. The highest BCUT2D eigenvalue weighted by atomic mass is 16.5. The Kier molecular flexibility index (Phi) is 6.39. The molecular weight excluding hydrogens is 140 g/mol. The Balaban J connectivity index is 3.30. The molecule has 0 atom stereocenters. The van der Waals surface area contributed by atoms with Crippen molar-refractivity contribution in [3.05, 3.63) is 24.8 Å². The molecular formula is C9H14O2. The van der Waals surface area contributed by atoms with E-state index in [-0.39, 0.29) is 5.97 Å². The first-order valence-electron chi connectivity index (χ1n) is 3.74. The molecule has 0 saturated carbocycles. The molecule has 0 aliphatic carbocycles. The van der Waals surface area contributed by atoms with Gasteiger partial charge in [-0.15, -0.1) is 0 Å². The lowest BCUT2D eigenvalue weighted by Gasteiger charge is -1.97. The molecule has 0 rings (SSSR count). The van der Waals surface area contributed by atoms with Crippen molar-refractivity contribution in [3.63, 3.8) is 0 Å². The second-order valence-corrected chi connectivity index (χ2v) is 2.01. The average Bonchev–Trinajstić information content (AvgIpc) is 1.99. The molecule has 0 spiro atoms. The van der Waals surface area contributed by atoms with Gasteiger partial charge in [-0.2, -0.15) is 0 Å². The zero-order chi connectivity index (χ0) is 8.53. The van der Waals surface area contributed by atoms with E-state index in [0.29, 0.717) is 13.0 Å². The van der Waals surface area contributed by atoms with Gasteiger partial charge in [0.1, 0.15) is 0 Å². The van der Waals surface area contributed by atoms with Crippen molar-refractivity contribution in [2.24, 2.45) is 0 Å². The van der Waals surface area contributed by atoms with E-state index in [9.17, 15) is 4.79 Å². The maximum atomic E-state index is 10.7. The first-order valence-corrected chi connectivity index (χ1v) is 3.74. The summed E-state index contributed by atoms with van der Waals surface area (Å²) in [5.41, 5.74) is 0. The molecule has 0 bridgehead atoms. The lowest BCUT2D eigenvalue weighted by Crippen LogP contribution is -2.02. The van der Waals surface area contributed by atoms with E-state index in [1.807, 2.05) is 12.2 Å². The zero-order valence-corrected chi connectivity index (χ0v) is 6.88. The summed E-state index contributed by atoms with van der Waals surface area (Å²) >= 11 is 0. The van der Waals surface area contributed by atoms with Crippen LogP contribution in [0.2, 0.25) is 0 Å². The lowest BCUT2D eigenvalue weighted by atomic mass is 10.3. The van der Waals surface area contributed by atoms with Crippen LogP contribution in [0.3, 0.4) is 0 Å². The zero-order valence-electron chi connectivity index (χ0n) is 6.88. The fourth-order valence-electron chi connectivity index (χ4n) is 0.627. The first kappa shape index (κ1) is 9.95. The van der Waals surface area contributed by atoms with Gasteiger partial charge in [-0.05, 0) is 13.3 Å². The first-order chi connectivity index (χ1) is 5.31. The van der Waals surface area contributed by atoms with Crippen molar-refractivity contribution < 1.29 is 9.53 Å². The summed E-state index contributed by atoms with van der Waals surface area (Å²) < 4.78 is 4.72. The quantitative estimate of drug-likeness (QED) is 0.447. The van der Waals surface area contributed by atoms with E-state index in [0.717, 1.165) is 6.42 Å². The van der Waals surface area contributed by atoms with Crippen molar-refractivity contribution >= 4 is 5.97 Å². The van der Waals surface area contributed by atoms with Crippen molar-refractivity contribution in [1.29, 1.82) is 0 Å². The lowest BCUT2D eigenvalue weighted by molar-refractivity contribution is -0.142. The summed E-state index contributed by atoms with van der Waals surface area (Å²) in [4.78, 5) is 10.7. The SMILES string of the molecule is C=C/C=C\CCC(=O)OCC. The number of hydrogen-bond acceptors (Lipinski definition) is 2. The molecule has 11 heavy (non-hydrogen) atoms. The molecule has 2 nitrogen and oxygen atoms in total. The Bertz CT molecular complexity index is 148. The van der Waals surface area contributed by atoms with Crippen LogP contribution in [0.4, 0.5) is 0 Å². The molecule has 0 unspecified atom stereocenters. The Morgan fingerprint density at radius 1 is 1.64 bits per heavy atom. The van der Waals surface area contributed by atoms with Crippen LogP contribution in [-0.4, -0.2) is 12.6 Å². The highest BCUT2D eigenvalue weighted by molar-refractivity contribution is 5.69. The molecule has 0 radical (unpaired) electrons. The second-order valence-electron chi connectivity index (χ2n) is 2.01. The molecule has 62 valence electrons. The summed E-state index contributed by atoms with van der Waals surface area (Å²) in [5, 5.41) is 0. The van der Waals surface area contributed by atoms with Gasteiger partial charge < -0.3 is 4.74 Å². The Labute approximate surface area is 67.6 Å². The third-order valence-corrected chi connectivity index (χ3v) is 1.09. The largest absolute Gasteiger partial charge is 0.466 e. The van der Waals surface area contributed by atoms with Gasteiger partial charge in [0.25, 0.3) is 0 Å². The maximum Gasteiger partial charge on any atom is 0.306 e. The Hall–Kier alpha value is -1.05. The van der Waals surface area contributed by atoms with Crippen LogP contribution in [0, 0.1) is 0 Å². The fraction of sp³-hybridized carbons (Fsp3) is 0.444. The van der Waals surface area contributed by atoms with E-state index >= 15 is 0 Å². The van der Waals surface area contributed by atoms with Gasteiger partial charge in [0, 0.05) is 6.42 Å². The number of esters is 1. The molecule has 0 heterocycles. The number of carbonyl (C=O) groups is 1. The van der Waals surface area contributed by atoms with Gasteiger partial charge in [-0.1, -0.05) is 24.8 Å². The van der Waals surface area contributed by atoms with Gasteiger partial charge in [-0.3, -0.25) is 4.79 Å². The minimum atomic E-state index is -0.138. The molecule has 0 aromatic rings. The third-order valence-electron chi connectivity index (χ3n) is 1.09. The molecule has 0 N–H and O–H groups in total. The minimum Gasteiger partial charge on any atom is -0.466 e. The predicted octanol–water partition coefficient (Wildman–Crippen LogP) is 2.07. The maximum absolute atomic E-state index is 10.7. The summed E-state index contributed by atoms with van der Waals surface area (Å²) in [6.07, 6.45) is 6.58. The van der Waals surface area contributed by atoms with Crippen molar-refractivity contribution in [1.82, 2.24) is 0 Å². The summed E-state index contributed by atoms with van der Waals surface area (Å²) in [6.45, 7) is 5.78. The van der Waals surface area contributed by atoms with Crippen molar-refractivity contribution in [3.8, 4) is 0 Å². The highest BCUT2D eigenvalue weighted by Gasteiger charge is 1.96. The molecule has 0 aromatic heterocycles. The van der Waals surface area contributed by atoms with Gasteiger partial charge >= 0.3 is 5.97 Å². The van der Waals surface area contributed by atoms with Crippen molar-refractivity contribution in [2.45, 2.75) is 19.8 Å². The van der Waals surface area contributed by atoms with Gasteiger partial charge in [0.2, 0.25) is 0 Å². The van der Waals surface area contributed by atoms with Gasteiger partial charge in [-0.25, -0.2) is 0 Å². The number of allylic oxidation sites excluding steroid dienone is 3. The standard InChI is InChI=1S/C9H14O2/c1-3-5-6-7-8-9(10)11-4-2/h3,5-6H,1,4,7-8H2,2H3/b6-5-. The molecule has 0 aliphatic heterocycles. The summed E-state index contributed by atoms with van der Waals surface area (Å²) in [6, 6.07) is 0. The monoisotopic (exact) mass is 154 g/mol. The van der Waals surface area contributed by atoms with E-state index in [1.54, 1.807) is 13.0 Å². The topological polar surface area (TPSA) is 26.3 Å². The van der Waals surface area contributed by atoms with Crippen LogP contribution in [0.15, 0.2) is 24.8 Å². The smallest absolute Gasteiger partial charge is 0.306 e. The van der Waals surface area contributed by atoms with Crippen LogP contribution in [-0.2, 0) is 9.53 Å². The fourth-order valence-corrected chi connectivity index (χ4v) is 0.627. The second kappa shape index (κ2) is 7.06. The number of hydrogen-bond donors (Lipinski definition) is 0. The summed E-state index contributed by atoms with van der Waals surface area (Å²) in [5.74, 6) is -0.138.